The van der Waals surface area contributed by atoms with Crippen molar-refractivity contribution in [3.05, 3.63) is 42.1 Å². The predicted octanol–water partition coefficient (Wildman–Crippen LogP) is 2.36. The van der Waals surface area contributed by atoms with E-state index in [0.717, 1.165) is 16.2 Å². The molecule has 1 amide bonds. The van der Waals surface area contributed by atoms with Crippen LogP contribution in [-0.2, 0) is 0 Å². The number of hydrogen-bond acceptors (Lipinski definition) is 2. The highest BCUT2D eigenvalue weighted by molar-refractivity contribution is 9.09. The second-order valence-corrected chi connectivity index (χ2v) is 4.11. The number of aromatic nitrogens is 1. The van der Waals surface area contributed by atoms with Crippen LogP contribution in [0, 0.1) is 0 Å². The van der Waals surface area contributed by atoms with E-state index >= 15 is 0 Å². The summed E-state index contributed by atoms with van der Waals surface area (Å²) in [6, 6.07) is 9.30. The Morgan fingerprint density at radius 2 is 2.19 bits per heavy atom. The lowest BCUT2D eigenvalue weighted by Crippen LogP contribution is -2.25. The average molecular weight is 279 g/mol. The highest BCUT2D eigenvalue weighted by Gasteiger charge is 2.08. The Kier molecular flexibility index (Phi) is 3.51. The van der Waals surface area contributed by atoms with Gasteiger partial charge in [-0.15, -0.1) is 0 Å². The Balaban J connectivity index is 2.40. The maximum Gasteiger partial charge on any atom is 0.251 e. The highest BCUT2D eigenvalue weighted by Crippen LogP contribution is 2.15. The first-order valence-corrected chi connectivity index (χ1v) is 6.13. The molecule has 2 rings (SSSR count). The van der Waals surface area contributed by atoms with Crippen molar-refractivity contribution in [2.45, 2.75) is 0 Å². The number of fused-ring (bicyclic) bond motifs is 1. The number of hydrogen-bond donors (Lipinski definition) is 1. The minimum absolute atomic E-state index is 0.0574. The Hall–Kier alpha value is -1.42. The molecule has 1 aromatic heterocycles. The number of rotatable bonds is 3. The van der Waals surface area contributed by atoms with Gasteiger partial charge in [-0.25, -0.2) is 0 Å². The third kappa shape index (κ3) is 2.22. The quantitative estimate of drug-likeness (QED) is 0.876. The molecule has 82 valence electrons. The lowest BCUT2D eigenvalue weighted by atomic mass is 10.1. The van der Waals surface area contributed by atoms with E-state index in [1.54, 1.807) is 6.20 Å². The maximum atomic E-state index is 11.9. The van der Waals surface area contributed by atoms with Crippen LogP contribution in [0.25, 0.3) is 10.9 Å². The fraction of sp³-hybridized carbons (Fsp3) is 0.167. The van der Waals surface area contributed by atoms with Crippen molar-refractivity contribution in [2.75, 3.05) is 11.9 Å². The minimum atomic E-state index is -0.0574. The van der Waals surface area contributed by atoms with Gasteiger partial charge in [0.15, 0.2) is 0 Å². The van der Waals surface area contributed by atoms with Crippen LogP contribution in [0.3, 0.4) is 0 Å². The Labute approximate surface area is 102 Å². The molecule has 1 aromatic carbocycles. The second-order valence-electron chi connectivity index (χ2n) is 3.32. The van der Waals surface area contributed by atoms with Crippen molar-refractivity contribution in [1.82, 2.24) is 10.3 Å². The molecule has 0 saturated heterocycles. The fourth-order valence-corrected chi connectivity index (χ4v) is 1.76. The molecule has 1 N–H and O–H groups in total. The molecule has 2 aromatic rings. The van der Waals surface area contributed by atoms with Crippen LogP contribution in [0.5, 0.6) is 0 Å². The van der Waals surface area contributed by atoms with Gasteiger partial charge in [-0.1, -0.05) is 28.1 Å². The van der Waals surface area contributed by atoms with Crippen LogP contribution >= 0.6 is 15.9 Å². The summed E-state index contributed by atoms with van der Waals surface area (Å²) >= 11 is 3.27. The molecule has 0 unspecified atom stereocenters. The Morgan fingerprint density at radius 1 is 1.31 bits per heavy atom. The van der Waals surface area contributed by atoms with Crippen LogP contribution in [0.4, 0.5) is 0 Å². The van der Waals surface area contributed by atoms with Crippen molar-refractivity contribution < 1.29 is 4.79 Å². The number of amides is 1. The van der Waals surface area contributed by atoms with Crippen LogP contribution in [0.1, 0.15) is 10.4 Å². The topological polar surface area (TPSA) is 42.0 Å². The summed E-state index contributed by atoms with van der Waals surface area (Å²) in [7, 11) is 0. The Bertz CT molecular complexity index is 508. The third-order valence-electron chi connectivity index (χ3n) is 2.27. The molecule has 0 aliphatic heterocycles. The number of carbonyl (C=O) groups excluding carboxylic acids is 1. The first-order chi connectivity index (χ1) is 7.83. The molecule has 0 bridgehead atoms. The number of benzene rings is 1. The van der Waals surface area contributed by atoms with Gasteiger partial charge in [0.05, 0.1) is 5.52 Å². The summed E-state index contributed by atoms with van der Waals surface area (Å²) in [5, 5.41) is 4.47. The van der Waals surface area contributed by atoms with Gasteiger partial charge in [0.1, 0.15) is 0 Å². The fourth-order valence-electron chi connectivity index (χ4n) is 1.56. The molecular formula is C12H11BrN2O. The zero-order valence-corrected chi connectivity index (χ0v) is 10.2. The largest absolute Gasteiger partial charge is 0.351 e. The number of nitrogens with zero attached hydrogens (tertiary/aromatic N) is 1. The highest BCUT2D eigenvalue weighted by atomic mass is 79.9. The molecule has 3 nitrogen and oxygen atoms in total. The summed E-state index contributed by atoms with van der Waals surface area (Å²) in [5.41, 5.74) is 1.51. The second kappa shape index (κ2) is 5.07. The van der Waals surface area contributed by atoms with Crippen molar-refractivity contribution in [3.8, 4) is 0 Å². The predicted molar refractivity (Wildman–Crippen MR) is 67.9 cm³/mol. The van der Waals surface area contributed by atoms with E-state index in [-0.39, 0.29) is 5.91 Å². The van der Waals surface area contributed by atoms with E-state index in [2.05, 4.69) is 26.2 Å². The SMILES string of the molecule is O=C(NCCBr)c1cccc2ncccc12. The molecule has 0 radical (unpaired) electrons. The molecule has 0 saturated carbocycles. The first kappa shape index (κ1) is 11.1. The van der Waals surface area contributed by atoms with Gasteiger partial charge in [-0.2, -0.15) is 0 Å². The molecule has 16 heavy (non-hydrogen) atoms. The van der Waals surface area contributed by atoms with Crippen LogP contribution in [0.2, 0.25) is 0 Å². The molecule has 4 heteroatoms. The summed E-state index contributed by atoms with van der Waals surface area (Å²) in [4.78, 5) is 16.1. The molecule has 0 aliphatic rings. The van der Waals surface area contributed by atoms with Gasteiger partial charge >= 0.3 is 0 Å². The van der Waals surface area contributed by atoms with Crippen LogP contribution in [-0.4, -0.2) is 22.8 Å². The zero-order chi connectivity index (χ0) is 11.4. The standard InChI is InChI=1S/C12H11BrN2O/c13-6-8-15-12(16)10-3-1-5-11-9(10)4-2-7-14-11/h1-5,7H,6,8H2,(H,15,16). The molecular weight excluding hydrogens is 268 g/mol. The lowest BCUT2D eigenvalue weighted by Gasteiger charge is -2.06. The summed E-state index contributed by atoms with van der Waals surface area (Å²) < 4.78 is 0. The van der Waals surface area contributed by atoms with Crippen LogP contribution in [0.15, 0.2) is 36.5 Å². The van der Waals surface area contributed by atoms with E-state index in [1.165, 1.54) is 0 Å². The van der Waals surface area contributed by atoms with Crippen molar-refractivity contribution in [1.29, 1.82) is 0 Å². The monoisotopic (exact) mass is 278 g/mol. The lowest BCUT2D eigenvalue weighted by molar-refractivity contribution is 0.0958. The van der Waals surface area contributed by atoms with E-state index in [4.69, 9.17) is 0 Å². The molecule has 0 aliphatic carbocycles. The summed E-state index contributed by atoms with van der Waals surface area (Å²) in [5.74, 6) is -0.0574. The Morgan fingerprint density at radius 3 is 3.00 bits per heavy atom. The normalized spacial score (nSPS) is 10.3. The number of carbonyl (C=O) groups is 1. The van der Waals surface area contributed by atoms with Gasteiger partial charge < -0.3 is 5.32 Å². The summed E-state index contributed by atoms with van der Waals surface area (Å²) in [6.07, 6.45) is 1.72. The van der Waals surface area contributed by atoms with Gasteiger partial charge in [-0.3, -0.25) is 9.78 Å². The number of halogens is 1. The van der Waals surface area contributed by atoms with E-state index in [0.29, 0.717) is 12.1 Å². The minimum Gasteiger partial charge on any atom is -0.351 e. The van der Waals surface area contributed by atoms with Gasteiger partial charge in [0.2, 0.25) is 0 Å². The van der Waals surface area contributed by atoms with E-state index in [9.17, 15) is 4.79 Å². The van der Waals surface area contributed by atoms with Crippen molar-refractivity contribution in [3.63, 3.8) is 0 Å². The van der Waals surface area contributed by atoms with Gasteiger partial charge in [0.25, 0.3) is 5.91 Å². The number of alkyl halides is 1. The third-order valence-corrected chi connectivity index (χ3v) is 2.67. The van der Waals surface area contributed by atoms with Crippen molar-refractivity contribution >= 4 is 32.7 Å². The smallest absolute Gasteiger partial charge is 0.251 e. The molecule has 1 heterocycles. The average Bonchev–Trinajstić information content (AvgIpc) is 2.35. The maximum absolute atomic E-state index is 11.9. The molecule has 0 atom stereocenters. The van der Waals surface area contributed by atoms with Crippen LogP contribution < -0.4 is 5.32 Å². The van der Waals surface area contributed by atoms with Crippen molar-refractivity contribution in [2.24, 2.45) is 0 Å². The van der Waals surface area contributed by atoms with E-state index in [1.807, 2.05) is 30.3 Å². The van der Waals surface area contributed by atoms with E-state index < -0.39 is 0 Å². The first-order valence-electron chi connectivity index (χ1n) is 5.01. The molecule has 0 fully saturated rings. The number of pyridine rings is 1. The van der Waals surface area contributed by atoms with Gasteiger partial charge in [0, 0.05) is 29.0 Å². The van der Waals surface area contributed by atoms with Gasteiger partial charge in [-0.05, 0) is 18.2 Å². The summed E-state index contributed by atoms with van der Waals surface area (Å²) in [6.45, 7) is 0.621. The number of nitrogens with one attached hydrogen (secondary N) is 1. The molecule has 0 spiro atoms. The zero-order valence-electron chi connectivity index (χ0n) is 8.61.